The Morgan fingerprint density at radius 3 is 2.80 bits per heavy atom. The maximum atomic E-state index is 10.3. The van der Waals surface area contributed by atoms with E-state index in [2.05, 4.69) is 31.2 Å². The van der Waals surface area contributed by atoms with Crippen LogP contribution in [0.3, 0.4) is 0 Å². The lowest BCUT2D eigenvalue weighted by molar-refractivity contribution is 0.477. The molecule has 0 spiro atoms. The number of phenols is 1. The van der Waals surface area contributed by atoms with Gasteiger partial charge in [-0.25, -0.2) is 4.98 Å². The third kappa shape index (κ3) is 2.85. The Labute approximate surface area is 153 Å². The number of aryl methyl sites for hydroxylation is 1. The summed E-state index contributed by atoms with van der Waals surface area (Å²) in [6.45, 7) is 2.04. The Bertz CT molecular complexity index is 1070. The van der Waals surface area contributed by atoms with Crippen molar-refractivity contribution >= 4 is 33.1 Å². The van der Waals surface area contributed by atoms with E-state index in [1.54, 1.807) is 24.5 Å². The predicted molar refractivity (Wildman–Crippen MR) is 102 cm³/mol. The monoisotopic (exact) mass is 394 g/mol. The Morgan fingerprint density at radius 1 is 1.16 bits per heavy atom. The first-order chi connectivity index (χ1) is 12.1. The molecular formula is C19H15BrN4O. The Balaban J connectivity index is 1.92. The molecule has 2 N–H and O–H groups in total. The molecular weight excluding hydrogens is 380 g/mol. The molecule has 0 saturated carbocycles. The minimum Gasteiger partial charge on any atom is -0.507 e. The van der Waals surface area contributed by atoms with Gasteiger partial charge in [-0.15, -0.1) is 0 Å². The van der Waals surface area contributed by atoms with Gasteiger partial charge in [-0.05, 0) is 52.7 Å². The van der Waals surface area contributed by atoms with E-state index in [4.69, 9.17) is 0 Å². The number of hydrogen-bond donors (Lipinski definition) is 2. The zero-order chi connectivity index (χ0) is 17.4. The SMILES string of the molecule is Cc1ccc(Nc2c(-c3ccccc3O)nc3cnccn23)c(Br)c1. The summed E-state index contributed by atoms with van der Waals surface area (Å²) < 4.78 is 2.88. The second kappa shape index (κ2) is 6.22. The molecule has 0 atom stereocenters. The number of fused-ring (bicyclic) bond motifs is 1. The largest absolute Gasteiger partial charge is 0.507 e. The van der Waals surface area contributed by atoms with Crippen molar-refractivity contribution in [2.45, 2.75) is 6.92 Å². The van der Waals surface area contributed by atoms with Crippen molar-refractivity contribution in [1.29, 1.82) is 0 Å². The molecule has 0 fully saturated rings. The predicted octanol–water partition coefficient (Wildman–Crippen LogP) is 4.92. The fourth-order valence-electron chi connectivity index (χ4n) is 2.74. The number of nitrogens with zero attached hydrogens (tertiary/aromatic N) is 3. The average molecular weight is 395 g/mol. The molecule has 0 aliphatic rings. The first kappa shape index (κ1) is 15.7. The molecule has 124 valence electrons. The number of aromatic nitrogens is 3. The molecule has 0 bridgehead atoms. The maximum Gasteiger partial charge on any atom is 0.157 e. The number of aromatic hydroxyl groups is 1. The van der Waals surface area contributed by atoms with Crippen molar-refractivity contribution < 1.29 is 5.11 Å². The number of anilines is 2. The molecule has 0 unspecified atom stereocenters. The zero-order valence-corrected chi connectivity index (χ0v) is 15.0. The van der Waals surface area contributed by atoms with Crippen molar-refractivity contribution in [1.82, 2.24) is 14.4 Å². The molecule has 6 heteroatoms. The molecule has 0 aliphatic carbocycles. The molecule has 5 nitrogen and oxygen atoms in total. The van der Waals surface area contributed by atoms with Gasteiger partial charge in [0.2, 0.25) is 0 Å². The minimum absolute atomic E-state index is 0.185. The van der Waals surface area contributed by atoms with Crippen LogP contribution in [-0.4, -0.2) is 19.5 Å². The van der Waals surface area contributed by atoms with E-state index >= 15 is 0 Å². The van der Waals surface area contributed by atoms with Crippen LogP contribution in [0.25, 0.3) is 16.9 Å². The number of imidazole rings is 1. The number of benzene rings is 2. The van der Waals surface area contributed by atoms with E-state index in [1.165, 1.54) is 5.56 Å². The van der Waals surface area contributed by atoms with Gasteiger partial charge < -0.3 is 10.4 Å². The molecule has 2 aromatic heterocycles. The lowest BCUT2D eigenvalue weighted by Crippen LogP contribution is -1.98. The second-order valence-corrected chi connectivity index (χ2v) is 6.59. The highest BCUT2D eigenvalue weighted by Crippen LogP contribution is 2.37. The van der Waals surface area contributed by atoms with Gasteiger partial charge in [0.05, 0.1) is 11.9 Å². The van der Waals surface area contributed by atoms with Gasteiger partial charge in [0.15, 0.2) is 5.65 Å². The number of halogens is 1. The highest BCUT2D eigenvalue weighted by atomic mass is 79.9. The quantitative estimate of drug-likeness (QED) is 0.517. The molecule has 0 radical (unpaired) electrons. The molecule has 2 heterocycles. The minimum atomic E-state index is 0.185. The molecule has 4 rings (SSSR count). The molecule has 4 aromatic rings. The Kier molecular flexibility index (Phi) is 3.89. The van der Waals surface area contributed by atoms with E-state index in [1.807, 2.05) is 47.9 Å². The third-order valence-electron chi connectivity index (χ3n) is 3.97. The van der Waals surface area contributed by atoms with Gasteiger partial charge >= 0.3 is 0 Å². The van der Waals surface area contributed by atoms with E-state index in [-0.39, 0.29) is 5.75 Å². The number of rotatable bonds is 3. The van der Waals surface area contributed by atoms with Gasteiger partial charge in [-0.2, -0.15) is 0 Å². The molecule has 0 saturated heterocycles. The third-order valence-corrected chi connectivity index (χ3v) is 4.62. The first-order valence-corrected chi connectivity index (χ1v) is 8.56. The lowest BCUT2D eigenvalue weighted by atomic mass is 10.1. The second-order valence-electron chi connectivity index (χ2n) is 5.74. The van der Waals surface area contributed by atoms with Gasteiger partial charge in [0.1, 0.15) is 17.3 Å². The van der Waals surface area contributed by atoms with Crippen LogP contribution in [-0.2, 0) is 0 Å². The summed E-state index contributed by atoms with van der Waals surface area (Å²) in [6.07, 6.45) is 5.24. The number of nitrogens with one attached hydrogen (secondary N) is 1. The summed E-state index contributed by atoms with van der Waals surface area (Å²) in [6, 6.07) is 13.3. The molecule has 25 heavy (non-hydrogen) atoms. The highest BCUT2D eigenvalue weighted by Gasteiger charge is 2.17. The normalized spacial score (nSPS) is 11.0. The van der Waals surface area contributed by atoms with Crippen LogP contribution in [0, 0.1) is 6.92 Å². The molecule has 0 aliphatic heterocycles. The van der Waals surface area contributed by atoms with E-state index < -0.39 is 0 Å². The Hall–Kier alpha value is -2.86. The van der Waals surface area contributed by atoms with E-state index in [0.717, 1.165) is 16.0 Å². The van der Waals surface area contributed by atoms with Crippen molar-refractivity contribution in [3.63, 3.8) is 0 Å². The van der Waals surface area contributed by atoms with Crippen LogP contribution in [0.4, 0.5) is 11.5 Å². The summed E-state index contributed by atoms with van der Waals surface area (Å²) in [4.78, 5) is 8.79. The van der Waals surface area contributed by atoms with Gasteiger partial charge in [0.25, 0.3) is 0 Å². The maximum absolute atomic E-state index is 10.3. The van der Waals surface area contributed by atoms with Crippen molar-refractivity contribution in [2.24, 2.45) is 0 Å². The van der Waals surface area contributed by atoms with Crippen molar-refractivity contribution in [3.8, 4) is 17.0 Å². The fourth-order valence-corrected chi connectivity index (χ4v) is 3.33. The van der Waals surface area contributed by atoms with Crippen LogP contribution >= 0.6 is 15.9 Å². The summed E-state index contributed by atoms with van der Waals surface area (Å²) in [7, 11) is 0. The first-order valence-electron chi connectivity index (χ1n) is 7.77. The van der Waals surface area contributed by atoms with Crippen molar-refractivity contribution in [3.05, 3.63) is 71.1 Å². The van der Waals surface area contributed by atoms with Crippen LogP contribution in [0.1, 0.15) is 5.56 Å². The lowest BCUT2D eigenvalue weighted by Gasteiger charge is -2.11. The van der Waals surface area contributed by atoms with Gasteiger partial charge in [-0.1, -0.05) is 18.2 Å². The molecule has 2 aromatic carbocycles. The van der Waals surface area contributed by atoms with E-state index in [9.17, 15) is 5.11 Å². The summed E-state index contributed by atoms with van der Waals surface area (Å²) in [5.74, 6) is 0.952. The van der Waals surface area contributed by atoms with Crippen LogP contribution < -0.4 is 5.32 Å². The van der Waals surface area contributed by atoms with Crippen LogP contribution in [0.5, 0.6) is 5.75 Å². The topological polar surface area (TPSA) is 62.5 Å². The Morgan fingerprint density at radius 2 is 2.00 bits per heavy atom. The van der Waals surface area contributed by atoms with Crippen LogP contribution in [0.15, 0.2) is 65.5 Å². The summed E-state index contributed by atoms with van der Waals surface area (Å²) in [5.41, 5.74) is 4.11. The van der Waals surface area contributed by atoms with Crippen molar-refractivity contribution in [2.75, 3.05) is 5.32 Å². The number of phenolic OH excluding ortho intramolecular Hbond substituents is 1. The van der Waals surface area contributed by atoms with Gasteiger partial charge in [-0.3, -0.25) is 9.38 Å². The zero-order valence-electron chi connectivity index (χ0n) is 13.4. The fraction of sp³-hybridized carbons (Fsp3) is 0.0526. The van der Waals surface area contributed by atoms with Crippen LogP contribution in [0.2, 0.25) is 0 Å². The number of para-hydroxylation sites is 1. The highest BCUT2D eigenvalue weighted by molar-refractivity contribution is 9.10. The number of hydrogen-bond acceptors (Lipinski definition) is 4. The van der Waals surface area contributed by atoms with Gasteiger partial charge in [0, 0.05) is 22.4 Å². The van der Waals surface area contributed by atoms with E-state index in [0.29, 0.717) is 16.9 Å². The summed E-state index contributed by atoms with van der Waals surface area (Å²) >= 11 is 3.60. The molecule has 0 amide bonds. The summed E-state index contributed by atoms with van der Waals surface area (Å²) in [5, 5.41) is 13.7. The smallest absolute Gasteiger partial charge is 0.157 e. The average Bonchev–Trinajstić information content (AvgIpc) is 2.96. The standard InChI is InChI=1S/C19H15BrN4O/c1-12-6-7-15(14(20)10-12)22-19-18(13-4-2-3-5-16(13)25)23-17-11-21-8-9-24(17)19/h2-11,22,25H,1H3.